The monoisotopic (exact) mass is 1030 g/mol. The topological polar surface area (TPSA) is 0 Å². The molecule has 0 fully saturated rings. The fraction of sp³-hybridized carbons (Fsp3) is 0.243. The normalized spacial score (nSPS) is 11.9. The summed E-state index contributed by atoms with van der Waals surface area (Å²) in [5.41, 5.74) is 8.42. The Morgan fingerprint density at radius 3 is 0.882 bits per heavy atom. The molecule has 0 amide bonds. The minimum absolute atomic E-state index is 0.909. The summed E-state index contributed by atoms with van der Waals surface area (Å²) in [6.07, 6.45) is 19.9. The summed E-state index contributed by atoms with van der Waals surface area (Å²) in [6, 6.07) is 94.7. The van der Waals surface area contributed by atoms with Gasteiger partial charge in [-0.05, 0) is 130 Å². The van der Waals surface area contributed by atoms with Crippen molar-refractivity contribution in [3.05, 3.63) is 265 Å². The molecule has 0 nitrogen and oxygen atoms in total. The minimum atomic E-state index is -2.51. The van der Waals surface area contributed by atoms with Crippen LogP contribution in [0.3, 0.4) is 0 Å². The van der Waals surface area contributed by atoms with Gasteiger partial charge in [-0.15, -0.1) is 0 Å². The second kappa shape index (κ2) is 26.1. The summed E-state index contributed by atoms with van der Waals surface area (Å²) in [5, 5.41) is 13.7. The molecule has 0 heterocycles. The quantitative estimate of drug-likeness (QED) is 0.0395. The number of fused-ring (bicyclic) bond motifs is 2. The molecule has 0 aliphatic carbocycles. The van der Waals surface area contributed by atoms with Gasteiger partial charge in [-0.1, -0.05) is 260 Å². The van der Waals surface area contributed by atoms with Crippen molar-refractivity contribution >= 4 is 67.9 Å². The zero-order valence-electron chi connectivity index (χ0n) is 45.3. The van der Waals surface area contributed by atoms with Crippen molar-refractivity contribution in [2.24, 2.45) is 0 Å². The predicted molar refractivity (Wildman–Crippen MR) is 339 cm³/mol. The van der Waals surface area contributed by atoms with Gasteiger partial charge in [0.25, 0.3) is 0 Å². The Morgan fingerprint density at radius 1 is 0.250 bits per heavy atom. The summed E-state index contributed by atoms with van der Waals surface area (Å²) >= 11 is 0. The van der Waals surface area contributed by atoms with Gasteiger partial charge >= 0.3 is 0 Å². The summed E-state index contributed by atoms with van der Waals surface area (Å²) < 4.78 is 0. The lowest BCUT2D eigenvalue weighted by atomic mass is 9.93. The third-order valence-corrected chi connectivity index (χ3v) is 25.0. The molecular formula is C74H78P2+2. The molecule has 76 heavy (non-hydrogen) atoms. The number of aryl methyl sites for hydroxylation is 2. The third-order valence-electron chi connectivity index (χ3n) is 16.2. The van der Waals surface area contributed by atoms with Crippen molar-refractivity contribution in [2.45, 2.75) is 116 Å². The molecule has 10 rings (SSSR count). The first-order valence-electron chi connectivity index (χ1n) is 28.8. The van der Waals surface area contributed by atoms with Crippen molar-refractivity contribution in [3.8, 4) is 11.1 Å². The fourth-order valence-electron chi connectivity index (χ4n) is 12.2. The van der Waals surface area contributed by atoms with Crippen molar-refractivity contribution in [1.82, 2.24) is 0 Å². The second-order valence-corrected chi connectivity index (χ2v) is 28.2. The molecule has 0 radical (unpaired) electrons. The molecule has 0 bridgehead atoms. The van der Waals surface area contributed by atoms with E-state index in [-0.39, 0.29) is 0 Å². The molecule has 382 valence electrons. The zero-order chi connectivity index (χ0) is 51.8. The number of hydrogen-bond donors (Lipinski definition) is 0. The van der Waals surface area contributed by atoms with Crippen molar-refractivity contribution in [1.29, 1.82) is 0 Å². The first-order chi connectivity index (χ1) is 37.6. The van der Waals surface area contributed by atoms with E-state index in [9.17, 15) is 0 Å². The first-order valence-corrected chi connectivity index (χ1v) is 32.8. The van der Waals surface area contributed by atoms with Crippen LogP contribution in [0.2, 0.25) is 0 Å². The van der Waals surface area contributed by atoms with Crippen LogP contribution >= 0.6 is 14.5 Å². The minimum Gasteiger partial charge on any atom is -0.0654 e. The van der Waals surface area contributed by atoms with Crippen molar-refractivity contribution in [3.63, 3.8) is 0 Å². The molecule has 0 spiro atoms. The Kier molecular flexibility index (Phi) is 18.2. The molecule has 0 aliphatic heterocycles. The number of rotatable bonds is 25. The molecule has 0 aliphatic rings. The highest BCUT2D eigenvalue weighted by atomic mass is 31.2. The lowest BCUT2D eigenvalue weighted by molar-refractivity contribution is 0.607. The Balaban J connectivity index is 1.23. The van der Waals surface area contributed by atoms with E-state index in [1.165, 1.54) is 164 Å². The molecule has 10 aromatic carbocycles. The average Bonchev–Trinajstić information content (AvgIpc) is 3.58. The number of unbranched alkanes of at least 4 members (excludes halogenated alkanes) is 10. The summed E-state index contributed by atoms with van der Waals surface area (Å²) in [7, 11) is -5.01. The van der Waals surface area contributed by atoms with Crippen LogP contribution in [0.25, 0.3) is 32.7 Å². The summed E-state index contributed by atoms with van der Waals surface area (Å²) in [6.45, 7) is 4.61. The van der Waals surface area contributed by atoms with Crippen LogP contribution in [0.15, 0.2) is 243 Å². The van der Waals surface area contributed by atoms with Crippen LogP contribution in [-0.2, 0) is 25.2 Å². The molecule has 0 unspecified atom stereocenters. The first kappa shape index (κ1) is 53.0. The Labute approximate surface area is 457 Å². The zero-order valence-corrected chi connectivity index (χ0v) is 47.1. The highest BCUT2D eigenvalue weighted by molar-refractivity contribution is 7.96. The molecule has 0 saturated heterocycles. The molecule has 0 N–H and O–H groups in total. The van der Waals surface area contributed by atoms with Gasteiger partial charge in [0.2, 0.25) is 0 Å². The van der Waals surface area contributed by atoms with Crippen molar-refractivity contribution in [2.75, 3.05) is 0 Å². The molecule has 0 atom stereocenters. The Hall–Kier alpha value is -6.42. The number of hydrogen-bond acceptors (Lipinski definition) is 0. The third kappa shape index (κ3) is 11.8. The van der Waals surface area contributed by atoms with Crippen LogP contribution in [0.1, 0.15) is 113 Å². The lowest BCUT2D eigenvalue weighted by Gasteiger charge is -2.33. The van der Waals surface area contributed by atoms with E-state index in [1.807, 2.05) is 0 Å². The second-order valence-electron chi connectivity index (χ2n) is 21.3. The maximum Gasteiger partial charge on any atom is 0.117 e. The van der Waals surface area contributed by atoms with Crippen LogP contribution in [0.5, 0.6) is 0 Å². The highest BCUT2D eigenvalue weighted by Gasteiger charge is 2.51. The molecule has 0 saturated carbocycles. The Morgan fingerprint density at radius 2 is 0.539 bits per heavy atom. The Bertz CT molecular complexity index is 3050. The van der Waals surface area contributed by atoms with Gasteiger partial charge in [0.05, 0.1) is 12.3 Å². The van der Waals surface area contributed by atoms with E-state index in [0.717, 1.165) is 25.2 Å². The maximum absolute atomic E-state index is 2.57. The SMILES string of the molecule is CCCCCCCCc1ccc(C[P+](c2ccccc2)(c2ccccc2)c2ccc3ccccc3c2-c2c([P+](Cc3ccc(CCCCCCCC)cc3)(c3ccccc3)c3ccccc3)ccc3ccccc23)cc1. The van der Waals surface area contributed by atoms with Gasteiger partial charge < -0.3 is 0 Å². The largest absolute Gasteiger partial charge is 0.117 e. The predicted octanol–water partition coefficient (Wildman–Crippen LogP) is 18.5. The van der Waals surface area contributed by atoms with Crippen LogP contribution in [0, 0.1) is 0 Å². The smallest absolute Gasteiger partial charge is 0.0654 e. The van der Waals surface area contributed by atoms with Crippen molar-refractivity contribution < 1.29 is 0 Å². The lowest BCUT2D eigenvalue weighted by Crippen LogP contribution is -2.36. The molecule has 2 heteroatoms. The van der Waals surface area contributed by atoms with E-state index in [4.69, 9.17) is 0 Å². The van der Waals surface area contributed by atoms with Gasteiger partial charge in [-0.3, -0.25) is 0 Å². The van der Waals surface area contributed by atoms with Gasteiger partial charge in [0.15, 0.2) is 0 Å². The molecular weight excluding hydrogens is 951 g/mol. The molecule has 0 aromatic heterocycles. The summed E-state index contributed by atoms with van der Waals surface area (Å²) in [4.78, 5) is 0. The van der Waals surface area contributed by atoms with E-state index >= 15 is 0 Å². The van der Waals surface area contributed by atoms with E-state index in [1.54, 1.807) is 0 Å². The fourth-order valence-corrected chi connectivity index (χ4v) is 21.1. The van der Waals surface area contributed by atoms with Crippen LogP contribution < -0.4 is 31.8 Å². The van der Waals surface area contributed by atoms with E-state index in [0.29, 0.717) is 0 Å². The van der Waals surface area contributed by atoms with Gasteiger partial charge in [-0.2, -0.15) is 0 Å². The van der Waals surface area contributed by atoms with Gasteiger partial charge in [-0.25, -0.2) is 0 Å². The van der Waals surface area contributed by atoms with Crippen LogP contribution in [-0.4, -0.2) is 0 Å². The summed E-state index contributed by atoms with van der Waals surface area (Å²) in [5.74, 6) is 0. The van der Waals surface area contributed by atoms with Crippen LogP contribution in [0.4, 0.5) is 0 Å². The standard InChI is InChI=1S/C74H78P2/c1-3-5-7-9-11-17-31-59-45-49-61(50-46-59)57-75(65-35-19-13-20-36-65,66-37-21-14-22-38-66)71-55-53-63-33-27-29-43-69(63)73(71)74-70-44-30-28-34-64(70)54-56-72(74)76(67-39-23-15-24-40-67,68-41-25-16-26-42-68)58-62-51-47-60(48-52-62)32-18-12-10-8-6-4-2/h13-16,19-30,33-56H,3-12,17-18,31-32,57-58H2,1-2H3/q+2. The average molecular weight is 1030 g/mol. The van der Waals surface area contributed by atoms with Gasteiger partial charge in [0.1, 0.15) is 46.4 Å². The maximum atomic E-state index is 2.57. The number of benzene rings is 10. The van der Waals surface area contributed by atoms with E-state index in [2.05, 4.69) is 257 Å². The van der Waals surface area contributed by atoms with E-state index < -0.39 is 14.5 Å². The highest BCUT2D eigenvalue weighted by Crippen LogP contribution is 2.64. The van der Waals surface area contributed by atoms with Gasteiger partial charge in [0, 0.05) is 11.1 Å². The molecule has 10 aromatic rings.